The maximum Gasteiger partial charge on any atom is 0.573 e. The Hall–Kier alpha value is -3.89. The van der Waals surface area contributed by atoms with Crippen LogP contribution in [0.1, 0.15) is 29.1 Å². The van der Waals surface area contributed by atoms with Gasteiger partial charge in [0.1, 0.15) is 34.5 Å². The highest BCUT2D eigenvalue weighted by Gasteiger charge is 2.31. The Kier molecular flexibility index (Phi) is 9.75. The Labute approximate surface area is 255 Å². The summed E-state index contributed by atoms with van der Waals surface area (Å²) >= 11 is 4.64. The molecule has 0 bridgehead atoms. The SMILES string of the molecule is Cc1nc(C(F)F)c(Cl)n1-c1ccc(-c2cc(F)c(CO)c([S+](C)[O-])c2)cc1N(N)/C(=C\N)c1ccc(OC(F)(F)F)cc1. The van der Waals surface area contributed by atoms with Gasteiger partial charge in [0, 0.05) is 17.8 Å². The molecule has 0 aliphatic heterocycles. The van der Waals surface area contributed by atoms with Crippen LogP contribution in [0.3, 0.4) is 0 Å². The summed E-state index contributed by atoms with van der Waals surface area (Å²) in [7, 11) is 0. The minimum absolute atomic E-state index is 0.0523. The molecule has 234 valence electrons. The average Bonchev–Trinajstić information content (AvgIpc) is 3.26. The van der Waals surface area contributed by atoms with E-state index < -0.39 is 53.0 Å². The largest absolute Gasteiger partial charge is 0.612 e. The molecule has 44 heavy (non-hydrogen) atoms. The minimum Gasteiger partial charge on any atom is -0.612 e. The van der Waals surface area contributed by atoms with Gasteiger partial charge in [-0.2, -0.15) is 0 Å². The molecular weight excluding hydrogens is 636 g/mol. The van der Waals surface area contributed by atoms with E-state index >= 15 is 0 Å². The topological polar surface area (TPSA) is 126 Å². The fraction of sp³-hybridized carbons (Fsp3) is 0.179. The predicted octanol–water partition coefficient (Wildman–Crippen LogP) is 6.34. The van der Waals surface area contributed by atoms with E-state index in [2.05, 4.69) is 9.72 Å². The molecule has 0 aliphatic carbocycles. The van der Waals surface area contributed by atoms with Crippen LogP contribution in [0.5, 0.6) is 5.75 Å². The van der Waals surface area contributed by atoms with Crippen LogP contribution in [0.15, 0.2) is 65.7 Å². The second kappa shape index (κ2) is 13.0. The van der Waals surface area contributed by atoms with Crippen molar-refractivity contribution in [3.05, 3.63) is 94.4 Å². The highest BCUT2D eigenvalue weighted by Crippen LogP contribution is 2.39. The second-order valence-corrected chi connectivity index (χ2v) is 10.9. The number of nitrogens with zero attached hydrogens (tertiary/aromatic N) is 3. The first kappa shape index (κ1) is 33.0. The first-order chi connectivity index (χ1) is 20.7. The van der Waals surface area contributed by atoms with Crippen LogP contribution in [0.4, 0.5) is 32.0 Å². The zero-order valence-electron chi connectivity index (χ0n) is 22.9. The van der Waals surface area contributed by atoms with Gasteiger partial charge >= 0.3 is 6.36 Å². The van der Waals surface area contributed by atoms with E-state index in [4.69, 9.17) is 23.2 Å². The van der Waals surface area contributed by atoms with Crippen molar-refractivity contribution in [3.63, 3.8) is 0 Å². The smallest absolute Gasteiger partial charge is 0.573 e. The van der Waals surface area contributed by atoms with Crippen molar-refractivity contribution >= 4 is 34.2 Å². The molecule has 5 N–H and O–H groups in total. The number of hydrogen-bond donors (Lipinski definition) is 3. The van der Waals surface area contributed by atoms with E-state index in [-0.39, 0.29) is 44.5 Å². The summed E-state index contributed by atoms with van der Waals surface area (Å²) in [5, 5.41) is 10.2. The summed E-state index contributed by atoms with van der Waals surface area (Å²) in [6.45, 7) is 0.741. The third kappa shape index (κ3) is 6.76. The summed E-state index contributed by atoms with van der Waals surface area (Å²) in [4.78, 5) is 3.91. The van der Waals surface area contributed by atoms with Gasteiger partial charge in [-0.25, -0.2) is 24.0 Å². The quantitative estimate of drug-likeness (QED) is 0.0828. The summed E-state index contributed by atoms with van der Waals surface area (Å²) in [6, 6.07) is 11.6. The van der Waals surface area contributed by atoms with E-state index in [0.29, 0.717) is 5.56 Å². The van der Waals surface area contributed by atoms with Gasteiger partial charge in [0.15, 0.2) is 4.90 Å². The molecule has 1 aromatic heterocycles. The Balaban J connectivity index is 1.91. The lowest BCUT2D eigenvalue weighted by Crippen LogP contribution is -2.31. The number of alkyl halides is 5. The van der Waals surface area contributed by atoms with E-state index in [1.54, 1.807) is 0 Å². The van der Waals surface area contributed by atoms with Crippen molar-refractivity contribution in [2.24, 2.45) is 11.6 Å². The van der Waals surface area contributed by atoms with Crippen LogP contribution in [-0.2, 0) is 17.8 Å². The molecule has 4 rings (SSSR count). The zero-order valence-corrected chi connectivity index (χ0v) is 24.4. The molecule has 16 heteroatoms. The van der Waals surface area contributed by atoms with Crippen LogP contribution in [-0.4, -0.2) is 31.8 Å². The van der Waals surface area contributed by atoms with Crippen molar-refractivity contribution in [1.82, 2.24) is 9.55 Å². The Morgan fingerprint density at radius 2 is 1.82 bits per heavy atom. The molecule has 0 saturated heterocycles. The van der Waals surface area contributed by atoms with Crippen molar-refractivity contribution in [2.45, 2.75) is 31.2 Å². The number of aliphatic hydroxyl groups is 1. The third-order valence-electron chi connectivity index (χ3n) is 6.45. The maximum atomic E-state index is 14.9. The lowest BCUT2D eigenvalue weighted by molar-refractivity contribution is -0.274. The number of imidazole rings is 1. The van der Waals surface area contributed by atoms with Crippen LogP contribution < -0.4 is 21.3 Å². The van der Waals surface area contributed by atoms with Gasteiger partial charge in [-0.1, -0.05) is 17.7 Å². The molecule has 8 nitrogen and oxygen atoms in total. The molecule has 0 saturated carbocycles. The second-order valence-electron chi connectivity index (χ2n) is 9.22. The van der Waals surface area contributed by atoms with E-state index in [0.717, 1.165) is 29.4 Å². The highest BCUT2D eigenvalue weighted by molar-refractivity contribution is 7.90. The average molecular weight is 660 g/mol. The zero-order chi connectivity index (χ0) is 32.5. The molecule has 3 aromatic carbocycles. The van der Waals surface area contributed by atoms with Gasteiger partial charge < -0.3 is 20.1 Å². The molecule has 0 amide bonds. The first-order valence-electron chi connectivity index (χ1n) is 12.4. The van der Waals surface area contributed by atoms with Gasteiger partial charge in [-0.15, -0.1) is 13.2 Å². The number of anilines is 1. The number of hydrazine groups is 1. The third-order valence-corrected chi connectivity index (χ3v) is 7.80. The minimum atomic E-state index is -4.92. The molecular formula is C28H24ClF6N5O3S. The van der Waals surface area contributed by atoms with Crippen LogP contribution in [0, 0.1) is 12.7 Å². The maximum absolute atomic E-state index is 14.9. The van der Waals surface area contributed by atoms with Crippen molar-refractivity contribution in [3.8, 4) is 22.6 Å². The Bertz CT molecular complexity index is 1700. The standard InChI is InChI=1S/C28H24ClF6N5O3S/c1-14-38-25(27(31)32)26(29)39(14)21-8-5-16(17-9-20(30)19(13-41)24(11-17)44(2)42)10-22(21)40(37)23(12-36)15-3-6-18(7-4-15)43-28(33,34)35/h3-12,27,41H,13,36-37H2,1-2H3/b23-12-. The predicted molar refractivity (Wildman–Crippen MR) is 154 cm³/mol. The lowest BCUT2D eigenvalue weighted by atomic mass is 10.0. The fourth-order valence-corrected chi connectivity index (χ4v) is 5.63. The van der Waals surface area contributed by atoms with Gasteiger partial charge in [0.05, 0.1) is 29.2 Å². The number of nitrogens with two attached hydrogens (primary N) is 2. The van der Waals surface area contributed by atoms with Crippen molar-refractivity contribution in [2.75, 3.05) is 11.3 Å². The van der Waals surface area contributed by atoms with Gasteiger partial charge in [-0.3, -0.25) is 9.58 Å². The van der Waals surface area contributed by atoms with Gasteiger partial charge in [0.25, 0.3) is 6.43 Å². The van der Waals surface area contributed by atoms with Gasteiger partial charge in [0.2, 0.25) is 0 Å². The number of benzene rings is 3. The molecule has 1 heterocycles. The van der Waals surface area contributed by atoms with Crippen molar-refractivity contribution in [1.29, 1.82) is 0 Å². The molecule has 0 radical (unpaired) electrons. The molecule has 4 aromatic rings. The molecule has 1 unspecified atom stereocenters. The number of rotatable bonds is 9. The number of aryl methyl sites for hydroxylation is 1. The number of aliphatic hydroxyl groups excluding tert-OH is 1. The van der Waals surface area contributed by atoms with Crippen LogP contribution in [0.2, 0.25) is 5.15 Å². The summed E-state index contributed by atoms with van der Waals surface area (Å²) in [6.07, 6.45) is -5.53. The Morgan fingerprint density at radius 1 is 1.16 bits per heavy atom. The molecule has 0 spiro atoms. The molecule has 0 fully saturated rings. The van der Waals surface area contributed by atoms with Crippen molar-refractivity contribution < 1.29 is 40.7 Å². The van der Waals surface area contributed by atoms with Crippen LogP contribution >= 0.6 is 11.6 Å². The van der Waals surface area contributed by atoms with Crippen LogP contribution in [0.25, 0.3) is 22.5 Å². The van der Waals surface area contributed by atoms with Gasteiger partial charge in [-0.05, 0) is 71.7 Å². The van der Waals surface area contributed by atoms with E-state index in [9.17, 15) is 36.0 Å². The van der Waals surface area contributed by atoms with E-state index in [1.165, 1.54) is 54.1 Å². The normalized spacial score (nSPS) is 13.0. The Morgan fingerprint density at radius 3 is 2.34 bits per heavy atom. The number of ether oxygens (including phenoxy) is 1. The first-order valence-corrected chi connectivity index (χ1v) is 14.4. The van der Waals surface area contributed by atoms with E-state index in [1.807, 2.05) is 0 Å². The highest BCUT2D eigenvalue weighted by atomic mass is 35.5. The monoisotopic (exact) mass is 659 g/mol. The molecule has 1 atom stereocenters. The summed E-state index contributed by atoms with van der Waals surface area (Å²) < 4.78 is 97.6. The molecule has 0 aliphatic rings. The number of hydrogen-bond acceptors (Lipinski definition) is 7. The lowest BCUT2D eigenvalue weighted by Gasteiger charge is -2.26. The summed E-state index contributed by atoms with van der Waals surface area (Å²) in [5.74, 6) is 5.28. The summed E-state index contributed by atoms with van der Waals surface area (Å²) in [5.41, 5.74) is 6.13. The number of halogens is 7. The fourth-order valence-electron chi connectivity index (χ4n) is 4.49. The number of aromatic nitrogens is 2.